The van der Waals surface area contributed by atoms with Crippen LogP contribution in [0.5, 0.6) is 0 Å². The molecule has 1 aromatic carbocycles. The number of aliphatic hydroxyl groups is 1. The Labute approximate surface area is 134 Å². The number of ether oxygens (including phenoxy) is 1. The van der Waals surface area contributed by atoms with Crippen molar-refractivity contribution < 1.29 is 14.6 Å². The molecule has 2 aliphatic rings. The minimum absolute atomic E-state index is 0.0667. The lowest BCUT2D eigenvalue weighted by atomic mass is 9.83. The van der Waals surface area contributed by atoms with Gasteiger partial charge in [-0.05, 0) is 12.5 Å². The first-order valence-electron chi connectivity index (χ1n) is 8.03. The topological polar surface area (TPSA) is 67.6 Å². The van der Waals surface area contributed by atoms with Gasteiger partial charge in [-0.3, -0.25) is 9.48 Å². The molecular weight excluding hydrogens is 294 g/mol. The molecule has 23 heavy (non-hydrogen) atoms. The maximum absolute atomic E-state index is 12.8. The first-order chi connectivity index (χ1) is 11.0. The van der Waals surface area contributed by atoms with E-state index in [1.165, 1.54) is 0 Å². The van der Waals surface area contributed by atoms with E-state index in [2.05, 4.69) is 5.10 Å². The molecule has 4 rings (SSSR count). The minimum Gasteiger partial charge on any atom is -0.387 e. The molecule has 3 heterocycles. The van der Waals surface area contributed by atoms with Crippen molar-refractivity contribution in [1.29, 1.82) is 0 Å². The van der Waals surface area contributed by atoms with Gasteiger partial charge in [-0.1, -0.05) is 25.1 Å². The van der Waals surface area contributed by atoms with Gasteiger partial charge in [-0.25, -0.2) is 0 Å². The summed E-state index contributed by atoms with van der Waals surface area (Å²) in [4.78, 5) is 14.5. The molecule has 1 atom stereocenters. The van der Waals surface area contributed by atoms with Crippen molar-refractivity contribution in [2.75, 3.05) is 19.7 Å². The van der Waals surface area contributed by atoms with Crippen molar-refractivity contribution in [2.45, 2.75) is 31.0 Å². The van der Waals surface area contributed by atoms with E-state index in [0.717, 1.165) is 10.9 Å². The van der Waals surface area contributed by atoms with E-state index in [4.69, 9.17) is 4.74 Å². The van der Waals surface area contributed by atoms with E-state index in [0.29, 0.717) is 38.2 Å². The maximum Gasteiger partial charge on any atom is 0.275 e. The van der Waals surface area contributed by atoms with Crippen LogP contribution in [0.2, 0.25) is 0 Å². The number of hydrogen-bond donors (Lipinski definition) is 1. The molecule has 0 bridgehead atoms. The van der Waals surface area contributed by atoms with Gasteiger partial charge in [0.05, 0.1) is 30.8 Å². The number of likely N-dealkylation sites (tertiary alicyclic amines) is 1. The van der Waals surface area contributed by atoms with E-state index < -0.39 is 5.60 Å². The number of para-hydroxylation sites is 1. The Hall–Kier alpha value is -1.92. The molecule has 6 heteroatoms. The molecule has 1 unspecified atom stereocenters. The smallest absolute Gasteiger partial charge is 0.275 e. The lowest BCUT2D eigenvalue weighted by Crippen LogP contribution is -2.63. The Morgan fingerprint density at radius 1 is 1.39 bits per heavy atom. The molecule has 0 saturated carbocycles. The zero-order chi connectivity index (χ0) is 16.2. The summed E-state index contributed by atoms with van der Waals surface area (Å²) in [5.41, 5.74) is 0.322. The number of aryl methyl sites for hydroxylation is 1. The minimum atomic E-state index is -0.743. The SMILES string of the molecule is CCC1(O)COC2(CN(C(=O)c3nn(C)c4ccccc34)C2)C1. The summed E-state index contributed by atoms with van der Waals surface area (Å²) in [6, 6.07) is 7.74. The number of hydrogen-bond acceptors (Lipinski definition) is 4. The summed E-state index contributed by atoms with van der Waals surface area (Å²) in [6.07, 6.45) is 1.27. The zero-order valence-corrected chi connectivity index (χ0v) is 13.5. The normalized spacial score (nSPS) is 26.0. The van der Waals surface area contributed by atoms with Crippen molar-refractivity contribution in [1.82, 2.24) is 14.7 Å². The molecule has 2 aliphatic heterocycles. The third-order valence-corrected chi connectivity index (χ3v) is 5.16. The average molecular weight is 315 g/mol. The van der Waals surface area contributed by atoms with Crippen LogP contribution in [0.25, 0.3) is 10.9 Å². The number of carbonyl (C=O) groups excluding carboxylic acids is 1. The quantitative estimate of drug-likeness (QED) is 0.908. The van der Waals surface area contributed by atoms with Gasteiger partial charge in [-0.2, -0.15) is 5.10 Å². The van der Waals surface area contributed by atoms with Crippen molar-refractivity contribution in [2.24, 2.45) is 7.05 Å². The summed E-state index contributed by atoms with van der Waals surface area (Å²) < 4.78 is 7.56. The maximum atomic E-state index is 12.8. The molecule has 1 amide bonds. The summed E-state index contributed by atoms with van der Waals surface area (Å²) in [7, 11) is 1.85. The second kappa shape index (κ2) is 4.79. The van der Waals surface area contributed by atoms with Gasteiger partial charge in [0.25, 0.3) is 5.91 Å². The Morgan fingerprint density at radius 2 is 2.13 bits per heavy atom. The van der Waals surface area contributed by atoms with Gasteiger partial charge in [0, 0.05) is 18.9 Å². The number of amides is 1. The van der Waals surface area contributed by atoms with Gasteiger partial charge in [-0.15, -0.1) is 0 Å². The number of aromatic nitrogens is 2. The summed E-state index contributed by atoms with van der Waals surface area (Å²) in [5, 5.41) is 15.6. The first kappa shape index (κ1) is 14.7. The second-order valence-corrected chi connectivity index (χ2v) is 6.88. The summed E-state index contributed by atoms with van der Waals surface area (Å²) in [6.45, 7) is 3.38. The lowest BCUT2D eigenvalue weighted by Gasteiger charge is -2.47. The largest absolute Gasteiger partial charge is 0.387 e. The molecule has 0 aliphatic carbocycles. The van der Waals surface area contributed by atoms with E-state index in [-0.39, 0.29) is 11.5 Å². The number of rotatable bonds is 2. The molecule has 1 aromatic heterocycles. The molecule has 6 nitrogen and oxygen atoms in total. The van der Waals surface area contributed by atoms with Crippen LogP contribution in [-0.2, 0) is 11.8 Å². The lowest BCUT2D eigenvalue weighted by molar-refractivity contribution is -0.0956. The van der Waals surface area contributed by atoms with Gasteiger partial charge in [0.2, 0.25) is 0 Å². The molecular formula is C17H21N3O3. The highest BCUT2D eigenvalue weighted by Crippen LogP contribution is 2.41. The molecule has 1 N–H and O–H groups in total. The Morgan fingerprint density at radius 3 is 2.83 bits per heavy atom. The van der Waals surface area contributed by atoms with Crippen LogP contribution in [0.4, 0.5) is 0 Å². The third-order valence-electron chi connectivity index (χ3n) is 5.16. The van der Waals surface area contributed by atoms with Crippen molar-refractivity contribution >= 4 is 16.8 Å². The van der Waals surface area contributed by atoms with Gasteiger partial charge in [0.1, 0.15) is 5.60 Å². The van der Waals surface area contributed by atoms with Gasteiger partial charge >= 0.3 is 0 Å². The van der Waals surface area contributed by atoms with E-state index in [1.54, 1.807) is 9.58 Å². The van der Waals surface area contributed by atoms with Crippen LogP contribution >= 0.6 is 0 Å². The monoisotopic (exact) mass is 315 g/mol. The third kappa shape index (κ3) is 2.16. The Kier molecular flexibility index (Phi) is 3.05. The van der Waals surface area contributed by atoms with Crippen LogP contribution in [0.15, 0.2) is 24.3 Å². The number of nitrogens with zero attached hydrogens (tertiary/aromatic N) is 3. The summed E-state index contributed by atoms with van der Waals surface area (Å²) >= 11 is 0. The van der Waals surface area contributed by atoms with Crippen molar-refractivity contribution in [3.05, 3.63) is 30.0 Å². The number of benzene rings is 1. The fourth-order valence-corrected chi connectivity index (χ4v) is 3.73. The number of fused-ring (bicyclic) bond motifs is 1. The standard InChI is InChI=1S/C17H21N3O3/c1-3-16(22)8-17(23-11-16)9-20(10-17)15(21)14-12-6-4-5-7-13(12)19(2)18-14/h4-7,22H,3,8-11H2,1-2H3. The summed E-state index contributed by atoms with van der Waals surface area (Å²) in [5.74, 6) is -0.0667. The van der Waals surface area contributed by atoms with E-state index in [9.17, 15) is 9.90 Å². The molecule has 0 radical (unpaired) electrons. The number of carbonyl (C=O) groups is 1. The first-order valence-corrected chi connectivity index (χ1v) is 8.03. The van der Waals surface area contributed by atoms with Crippen molar-refractivity contribution in [3.63, 3.8) is 0 Å². The van der Waals surface area contributed by atoms with Crippen molar-refractivity contribution in [3.8, 4) is 0 Å². The fraction of sp³-hybridized carbons (Fsp3) is 0.529. The highest BCUT2D eigenvalue weighted by Gasteiger charge is 2.55. The van der Waals surface area contributed by atoms with E-state index >= 15 is 0 Å². The molecule has 2 fully saturated rings. The second-order valence-electron chi connectivity index (χ2n) is 6.88. The Balaban J connectivity index is 1.54. The predicted octanol–water partition coefficient (Wildman–Crippen LogP) is 1.33. The average Bonchev–Trinajstić information content (AvgIpc) is 3.05. The van der Waals surface area contributed by atoms with Crippen LogP contribution < -0.4 is 0 Å². The molecule has 2 aromatic rings. The van der Waals surface area contributed by atoms with Crippen LogP contribution in [0, 0.1) is 0 Å². The molecule has 122 valence electrons. The highest BCUT2D eigenvalue weighted by molar-refractivity contribution is 6.05. The van der Waals surface area contributed by atoms with E-state index in [1.807, 2.05) is 38.2 Å². The Bertz CT molecular complexity index is 778. The highest BCUT2D eigenvalue weighted by atomic mass is 16.5. The molecule has 2 saturated heterocycles. The van der Waals surface area contributed by atoms with Crippen LogP contribution in [0.3, 0.4) is 0 Å². The molecule has 1 spiro atoms. The zero-order valence-electron chi connectivity index (χ0n) is 13.5. The van der Waals surface area contributed by atoms with Crippen LogP contribution in [-0.4, -0.2) is 56.6 Å². The van der Waals surface area contributed by atoms with Crippen LogP contribution in [0.1, 0.15) is 30.3 Å². The van der Waals surface area contributed by atoms with Gasteiger partial charge < -0.3 is 14.7 Å². The fourth-order valence-electron chi connectivity index (χ4n) is 3.73. The predicted molar refractivity (Wildman–Crippen MR) is 85.2 cm³/mol. The van der Waals surface area contributed by atoms with Gasteiger partial charge in [0.15, 0.2) is 5.69 Å².